The summed E-state index contributed by atoms with van der Waals surface area (Å²) in [4.78, 5) is 6.29. The third kappa shape index (κ3) is 3.56. The molecule has 0 aliphatic heterocycles. The molecule has 0 spiro atoms. The Morgan fingerprint density at radius 2 is 2.11 bits per heavy atom. The van der Waals surface area contributed by atoms with E-state index in [4.69, 9.17) is 9.72 Å². The van der Waals surface area contributed by atoms with Crippen LogP contribution in [0.4, 0.5) is 0 Å². The Morgan fingerprint density at radius 3 is 2.58 bits per heavy atom. The van der Waals surface area contributed by atoms with E-state index in [0.717, 1.165) is 13.1 Å². The number of methoxy groups -OCH3 is 1. The summed E-state index contributed by atoms with van der Waals surface area (Å²) in [5.41, 5.74) is 1.33. The lowest BCUT2D eigenvalue weighted by Gasteiger charge is -2.18. The van der Waals surface area contributed by atoms with Crippen molar-refractivity contribution in [3.05, 3.63) is 15.6 Å². The number of rotatable bonds is 6. The Balaban J connectivity index is 2.27. The molecule has 3 nitrogen and oxygen atoms in total. The highest BCUT2D eigenvalue weighted by molar-refractivity contribution is 7.11. The van der Waals surface area contributed by atoms with Crippen molar-refractivity contribution in [1.29, 1.82) is 0 Å². The molecule has 108 valence electrons. The van der Waals surface area contributed by atoms with E-state index < -0.39 is 0 Å². The Morgan fingerprint density at radius 1 is 1.42 bits per heavy atom. The van der Waals surface area contributed by atoms with Crippen LogP contribution >= 0.6 is 11.3 Å². The normalized spacial score (nSPS) is 17.7. The second-order valence-corrected chi connectivity index (χ2v) is 7.46. The molecule has 0 amide bonds. The zero-order chi connectivity index (χ0) is 14.0. The van der Waals surface area contributed by atoms with Crippen LogP contribution in [0.1, 0.15) is 62.2 Å². The van der Waals surface area contributed by atoms with Crippen molar-refractivity contribution in [3.63, 3.8) is 0 Å². The molecule has 2 rings (SSSR count). The van der Waals surface area contributed by atoms with Crippen LogP contribution in [0, 0.1) is 5.92 Å². The van der Waals surface area contributed by atoms with Crippen molar-refractivity contribution in [3.8, 4) is 0 Å². The summed E-state index contributed by atoms with van der Waals surface area (Å²) < 4.78 is 5.67. The summed E-state index contributed by atoms with van der Waals surface area (Å²) >= 11 is 1.83. The van der Waals surface area contributed by atoms with Crippen LogP contribution < -0.4 is 5.32 Å². The van der Waals surface area contributed by atoms with Crippen LogP contribution in [0.15, 0.2) is 0 Å². The Kier molecular flexibility index (Phi) is 4.64. The molecule has 1 aliphatic carbocycles. The maximum Gasteiger partial charge on any atom is 0.122 e. The van der Waals surface area contributed by atoms with Gasteiger partial charge in [0, 0.05) is 23.9 Å². The molecule has 0 radical (unpaired) electrons. The summed E-state index contributed by atoms with van der Waals surface area (Å²) in [6.45, 7) is 10.8. The first kappa shape index (κ1) is 14.9. The van der Waals surface area contributed by atoms with Crippen LogP contribution in [-0.4, -0.2) is 18.6 Å². The van der Waals surface area contributed by atoms with Gasteiger partial charge in [-0.1, -0.05) is 27.7 Å². The van der Waals surface area contributed by atoms with Crippen LogP contribution in [-0.2, 0) is 16.7 Å². The second kappa shape index (κ2) is 5.90. The monoisotopic (exact) mass is 282 g/mol. The van der Waals surface area contributed by atoms with Crippen molar-refractivity contribution in [1.82, 2.24) is 10.3 Å². The van der Waals surface area contributed by atoms with Gasteiger partial charge in [0.25, 0.3) is 0 Å². The maximum absolute atomic E-state index is 5.67. The first-order valence-electron chi connectivity index (χ1n) is 7.21. The molecule has 1 heterocycles. The molecule has 1 N–H and O–H groups in total. The maximum atomic E-state index is 5.67. The fraction of sp³-hybridized carbons (Fsp3) is 0.800. The second-order valence-electron chi connectivity index (χ2n) is 6.35. The first-order valence-corrected chi connectivity index (χ1v) is 8.02. The molecule has 0 saturated heterocycles. The quantitative estimate of drug-likeness (QED) is 0.865. The summed E-state index contributed by atoms with van der Waals surface area (Å²) in [7, 11) is 1.81. The van der Waals surface area contributed by atoms with Crippen LogP contribution in [0.25, 0.3) is 0 Å². The van der Waals surface area contributed by atoms with Gasteiger partial charge in [-0.2, -0.15) is 0 Å². The van der Waals surface area contributed by atoms with Gasteiger partial charge in [0.1, 0.15) is 11.1 Å². The molecule has 0 aromatic carbocycles. The highest BCUT2D eigenvalue weighted by atomic mass is 32.1. The zero-order valence-electron chi connectivity index (χ0n) is 12.7. The van der Waals surface area contributed by atoms with Gasteiger partial charge in [-0.05, 0) is 25.3 Å². The summed E-state index contributed by atoms with van der Waals surface area (Å²) in [6, 6.07) is 0. The molecular formula is C15H26N2OS. The highest BCUT2D eigenvalue weighted by Crippen LogP contribution is 2.45. The minimum Gasteiger partial charge on any atom is -0.374 e. The number of nitrogens with zero attached hydrogens (tertiary/aromatic N) is 1. The van der Waals surface area contributed by atoms with E-state index in [0.29, 0.717) is 5.92 Å². The van der Waals surface area contributed by atoms with Gasteiger partial charge in [0.15, 0.2) is 0 Å². The van der Waals surface area contributed by atoms with Gasteiger partial charge in [-0.25, -0.2) is 4.98 Å². The fourth-order valence-corrected chi connectivity index (χ4v) is 3.75. The van der Waals surface area contributed by atoms with E-state index in [1.165, 1.54) is 28.4 Å². The third-order valence-corrected chi connectivity index (χ3v) is 4.62. The average molecular weight is 282 g/mol. The van der Waals surface area contributed by atoms with E-state index in [1.807, 2.05) is 18.4 Å². The molecule has 1 saturated carbocycles. The van der Waals surface area contributed by atoms with Crippen LogP contribution in [0.5, 0.6) is 0 Å². The van der Waals surface area contributed by atoms with Crippen molar-refractivity contribution < 1.29 is 4.74 Å². The highest BCUT2D eigenvalue weighted by Gasteiger charge is 2.36. The number of nitrogens with one attached hydrogen (secondary N) is 1. The van der Waals surface area contributed by atoms with Gasteiger partial charge < -0.3 is 10.1 Å². The molecule has 1 aliphatic rings. The molecule has 0 bridgehead atoms. The molecule has 1 aromatic heterocycles. The molecule has 4 heteroatoms. The van der Waals surface area contributed by atoms with E-state index in [-0.39, 0.29) is 11.5 Å². The molecule has 1 fully saturated rings. The number of ether oxygens (including phenoxy) is 1. The molecule has 1 atom stereocenters. The number of hydrogen-bond acceptors (Lipinski definition) is 4. The smallest absolute Gasteiger partial charge is 0.122 e. The van der Waals surface area contributed by atoms with Gasteiger partial charge in [-0.15, -0.1) is 11.3 Å². The van der Waals surface area contributed by atoms with E-state index in [9.17, 15) is 0 Å². The fourth-order valence-electron chi connectivity index (χ4n) is 2.33. The minimum absolute atomic E-state index is 0.0986. The Bertz CT molecular complexity index is 418. The summed E-state index contributed by atoms with van der Waals surface area (Å²) in [6.07, 6.45) is 2.78. The number of hydrogen-bond donors (Lipinski definition) is 1. The van der Waals surface area contributed by atoms with Crippen molar-refractivity contribution in [2.75, 3.05) is 13.7 Å². The van der Waals surface area contributed by atoms with Gasteiger partial charge in [-0.3, -0.25) is 0 Å². The van der Waals surface area contributed by atoms with Gasteiger partial charge >= 0.3 is 0 Å². The third-order valence-electron chi connectivity index (χ3n) is 3.51. The summed E-state index contributed by atoms with van der Waals surface area (Å²) in [5, 5.41) is 4.59. The average Bonchev–Trinajstić information content (AvgIpc) is 3.06. The van der Waals surface area contributed by atoms with Crippen molar-refractivity contribution in [2.45, 2.75) is 58.6 Å². The minimum atomic E-state index is 0.0986. The lowest BCUT2D eigenvalue weighted by molar-refractivity contribution is 0.0841. The van der Waals surface area contributed by atoms with Crippen LogP contribution in [0.2, 0.25) is 0 Å². The SMILES string of the molecule is CCNCc1sc(C(OC)C2CC2)nc1C(C)(C)C. The molecule has 19 heavy (non-hydrogen) atoms. The predicted molar refractivity (Wildman–Crippen MR) is 80.7 cm³/mol. The van der Waals surface area contributed by atoms with Gasteiger partial charge in [0.2, 0.25) is 0 Å². The Labute approximate surface area is 120 Å². The lowest BCUT2D eigenvalue weighted by Crippen LogP contribution is -2.18. The largest absolute Gasteiger partial charge is 0.374 e. The van der Waals surface area contributed by atoms with E-state index in [2.05, 4.69) is 33.0 Å². The predicted octanol–water partition coefficient (Wildman–Crippen LogP) is 3.65. The Hall–Kier alpha value is -0.450. The zero-order valence-corrected chi connectivity index (χ0v) is 13.6. The van der Waals surface area contributed by atoms with Gasteiger partial charge in [0.05, 0.1) is 5.69 Å². The van der Waals surface area contributed by atoms with Crippen LogP contribution in [0.3, 0.4) is 0 Å². The first-order chi connectivity index (χ1) is 8.97. The molecule has 1 unspecified atom stereocenters. The topological polar surface area (TPSA) is 34.1 Å². The lowest BCUT2D eigenvalue weighted by atomic mass is 9.91. The number of aromatic nitrogens is 1. The summed E-state index contributed by atoms with van der Waals surface area (Å²) in [5.74, 6) is 0.691. The number of thiazole rings is 1. The molecular weight excluding hydrogens is 256 g/mol. The standard InChI is InChI=1S/C15H26N2OS/c1-6-16-9-11-13(15(2,3)4)17-14(19-11)12(18-5)10-7-8-10/h10,12,16H,6-9H2,1-5H3. The van der Waals surface area contributed by atoms with E-state index in [1.54, 1.807) is 0 Å². The van der Waals surface area contributed by atoms with Crippen molar-refractivity contribution in [2.24, 2.45) is 5.92 Å². The van der Waals surface area contributed by atoms with E-state index >= 15 is 0 Å². The van der Waals surface area contributed by atoms with Crippen molar-refractivity contribution >= 4 is 11.3 Å². The molecule has 1 aromatic rings.